The predicted molar refractivity (Wildman–Crippen MR) is 123 cm³/mol. The van der Waals surface area contributed by atoms with Gasteiger partial charge in [0.25, 0.3) is 5.91 Å². The molecule has 2 saturated heterocycles. The molecular weight excluding hydrogens is 462 g/mol. The van der Waals surface area contributed by atoms with Crippen molar-refractivity contribution in [2.75, 3.05) is 44.8 Å². The largest absolute Gasteiger partial charge is 0.492 e. The molecule has 0 radical (unpaired) electrons. The summed E-state index contributed by atoms with van der Waals surface area (Å²) in [5, 5.41) is 2.81. The summed E-state index contributed by atoms with van der Waals surface area (Å²) in [5.41, 5.74) is 0.247. The van der Waals surface area contributed by atoms with E-state index in [0.717, 1.165) is 12.8 Å². The van der Waals surface area contributed by atoms with E-state index in [1.807, 2.05) is 0 Å². The number of sulfonamides is 1. The zero-order valence-corrected chi connectivity index (χ0v) is 19.9. The number of benzene rings is 1. The van der Waals surface area contributed by atoms with Crippen molar-refractivity contribution >= 4 is 27.5 Å². The van der Waals surface area contributed by atoms with Crippen LogP contribution in [0.15, 0.2) is 45.9 Å². The van der Waals surface area contributed by atoms with E-state index in [-0.39, 0.29) is 35.3 Å². The first kappa shape index (κ1) is 24.2. The fraction of sp³-hybridized carbons (Fsp3) is 0.478. The highest BCUT2D eigenvalue weighted by atomic mass is 32.2. The molecule has 4 rings (SSSR count). The fourth-order valence-electron chi connectivity index (χ4n) is 4.19. The lowest BCUT2D eigenvalue weighted by molar-refractivity contribution is -0.121. The average molecular weight is 492 g/mol. The number of carbonyl (C=O) groups is 2. The van der Waals surface area contributed by atoms with Crippen LogP contribution in [0, 0.1) is 0 Å². The molecule has 2 aromatic rings. The smallest absolute Gasteiger partial charge is 0.290 e. The van der Waals surface area contributed by atoms with Gasteiger partial charge in [-0.3, -0.25) is 9.59 Å². The minimum Gasteiger partial charge on any atom is -0.492 e. The standard InChI is InChI=1S/C23H29N3O7S/c1-2-32-20-9-8-17(34(29,30)25-11-14-31-15-12-25)16-18(20)24-22(27)19-6-3-4-10-26(19)23(28)21-7-5-13-33-21/h5,7-9,13,16,19H,2-4,6,10-12,14-15H2,1H3,(H,24,27). The predicted octanol–water partition coefficient (Wildman–Crippen LogP) is 2.33. The molecule has 0 spiro atoms. The lowest BCUT2D eigenvalue weighted by atomic mass is 10.0. The molecule has 1 atom stereocenters. The first-order chi connectivity index (χ1) is 16.4. The Kier molecular flexibility index (Phi) is 7.54. The zero-order chi connectivity index (χ0) is 24.1. The zero-order valence-electron chi connectivity index (χ0n) is 19.1. The number of morpholine rings is 1. The molecule has 0 bridgehead atoms. The van der Waals surface area contributed by atoms with Gasteiger partial charge < -0.3 is 24.1 Å². The van der Waals surface area contributed by atoms with Gasteiger partial charge in [-0.2, -0.15) is 4.31 Å². The SMILES string of the molecule is CCOc1ccc(S(=O)(=O)N2CCOCC2)cc1NC(=O)C1CCCCN1C(=O)c1ccco1. The Morgan fingerprint density at radius 1 is 1.15 bits per heavy atom. The van der Waals surface area contributed by atoms with Crippen LogP contribution in [0.4, 0.5) is 5.69 Å². The van der Waals surface area contributed by atoms with Crippen LogP contribution < -0.4 is 10.1 Å². The van der Waals surface area contributed by atoms with E-state index in [4.69, 9.17) is 13.9 Å². The molecular formula is C23H29N3O7S. The summed E-state index contributed by atoms with van der Waals surface area (Å²) in [6.45, 7) is 3.77. The van der Waals surface area contributed by atoms with Crippen LogP contribution in [-0.4, -0.2) is 74.9 Å². The highest BCUT2D eigenvalue weighted by Crippen LogP contribution is 2.31. The summed E-state index contributed by atoms with van der Waals surface area (Å²) in [7, 11) is -3.76. The number of anilines is 1. The molecule has 10 nitrogen and oxygen atoms in total. The second kappa shape index (κ2) is 10.6. The Morgan fingerprint density at radius 2 is 1.94 bits per heavy atom. The van der Waals surface area contributed by atoms with Gasteiger partial charge in [-0.1, -0.05) is 0 Å². The molecule has 34 heavy (non-hydrogen) atoms. The highest BCUT2D eigenvalue weighted by Gasteiger charge is 2.34. The number of piperidine rings is 1. The number of hydrogen-bond acceptors (Lipinski definition) is 7. The number of ether oxygens (including phenoxy) is 2. The quantitative estimate of drug-likeness (QED) is 0.631. The maximum absolute atomic E-state index is 13.3. The van der Waals surface area contributed by atoms with Crippen molar-refractivity contribution in [3.63, 3.8) is 0 Å². The fourth-order valence-corrected chi connectivity index (χ4v) is 5.62. The van der Waals surface area contributed by atoms with Crippen LogP contribution in [-0.2, 0) is 19.6 Å². The van der Waals surface area contributed by atoms with Crippen molar-refractivity contribution in [3.8, 4) is 5.75 Å². The molecule has 1 unspecified atom stereocenters. The number of hydrogen-bond donors (Lipinski definition) is 1. The summed E-state index contributed by atoms with van der Waals surface area (Å²) in [5.74, 6) is -0.218. The maximum atomic E-state index is 13.3. The van der Waals surface area contributed by atoms with Crippen LogP contribution >= 0.6 is 0 Å². The van der Waals surface area contributed by atoms with Gasteiger partial charge >= 0.3 is 0 Å². The van der Waals surface area contributed by atoms with Gasteiger partial charge in [-0.15, -0.1) is 0 Å². The third-order valence-corrected chi connectivity index (χ3v) is 7.81. The van der Waals surface area contributed by atoms with E-state index >= 15 is 0 Å². The van der Waals surface area contributed by atoms with E-state index in [0.29, 0.717) is 38.5 Å². The van der Waals surface area contributed by atoms with Crippen LogP contribution in [0.25, 0.3) is 0 Å². The highest BCUT2D eigenvalue weighted by molar-refractivity contribution is 7.89. The first-order valence-electron chi connectivity index (χ1n) is 11.4. The van der Waals surface area contributed by atoms with Gasteiger partial charge in [0.1, 0.15) is 11.8 Å². The number of carbonyl (C=O) groups excluding carboxylic acids is 2. The van der Waals surface area contributed by atoms with Crippen molar-refractivity contribution in [1.29, 1.82) is 0 Å². The molecule has 1 aromatic carbocycles. The number of rotatable bonds is 7. The van der Waals surface area contributed by atoms with Crippen LogP contribution in [0.5, 0.6) is 5.75 Å². The van der Waals surface area contributed by atoms with Gasteiger partial charge in [0.05, 0.1) is 36.7 Å². The maximum Gasteiger partial charge on any atom is 0.290 e. The minimum atomic E-state index is -3.76. The monoisotopic (exact) mass is 491 g/mol. The normalized spacial score (nSPS) is 19.6. The topological polar surface area (TPSA) is 118 Å². The number of furan rings is 1. The van der Waals surface area contributed by atoms with Crippen LogP contribution in [0.2, 0.25) is 0 Å². The Balaban J connectivity index is 1.59. The molecule has 2 fully saturated rings. The molecule has 11 heteroatoms. The Morgan fingerprint density at radius 3 is 2.65 bits per heavy atom. The Hall–Kier alpha value is -2.89. The summed E-state index contributed by atoms with van der Waals surface area (Å²) < 4.78 is 43.7. The van der Waals surface area contributed by atoms with Crippen molar-refractivity contribution in [1.82, 2.24) is 9.21 Å². The lowest BCUT2D eigenvalue weighted by Crippen LogP contribution is -2.50. The van der Waals surface area contributed by atoms with Gasteiger partial charge in [-0.25, -0.2) is 8.42 Å². The van der Waals surface area contributed by atoms with E-state index in [1.54, 1.807) is 25.1 Å². The number of likely N-dealkylation sites (tertiary alicyclic amines) is 1. The Labute approximate surface area is 198 Å². The van der Waals surface area contributed by atoms with E-state index < -0.39 is 22.0 Å². The molecule has 0 aliphatic carbocycles. The van der Waals surface area contributed by atoms with Gasteiger partial charge in [-0.05, 0) is 56.5 Å². The second-order valence-electron chi connectivity index (χ2n) is 8.08. The van der Waals surface area contributed by atoms with E-state index in [1.165, 1.54) is 27.6 Å². The van der Waals surface area contributed by atoms with Crippen molar-refractivity contribution in [3.05, 3.63) is 42.4 Å². The summed E-state index contributed by atoms with van der Waals surface area (Å²) >= 11 is 0. The van der Waals surface area contributed by atoms with Gasteiger partial charge in [0.15, 0.2) is 5.76 Å². The van der Waals surface area contributed by atoms with E-state index in [9.17, 15) is 18.0 Å². The van der Waals surface area contributed by atoms with Gasteiger partial charge in [0, 0.05) is 19.6 Å². The number of amides is 2. The summed E-state index contributed by atoms with van der Waals surface area (Å²) in [6.07, 6.45) is 3.49. The van der Waals surface area contributed by atoms with Gasteiger partial charge in [0.2, 0.25) is 15.9 Å². The molecule has 3 heterocycles. The van der Waals surface area contributed by atoms with Crippen LogP contribution in [0.3, 0.4) is 0 Å². The number of nitrogens with one attached hydrogen (secondary N) is 1. The van der Waals surface area contributed by atoms with Crippen LogP contribution in [0.1, 0.15) is 36.7 Å². The molecule has 1 aromatic heterocycles. The van der Waals surface area contributed by atoms with Crippen molar-refractivity contribution < 1.29 is 31.9 Å². The molecule has 0 saturated carbocycles. The molecule has 1 N–H and O–H groups in total. The first-order valence-corrected chi connectivity index (χ1v) is 12.9. The second-order valence-corrected chi connectivity index (χ2v) is 10.0. The molecule has 2 aliphatic rings. The van der Waals surface area contributed by atoms with Crippen molar-refractivity contribution in [2.45, 2.75) is 37.1 Å². The number of nitrogens with zero attached hydrogens (tertiary/aromatic N) is 2. The van der Waals surface area contributed by atoms with Crippen molar-refractivity contribution in [2.24, 2.45) is 0 Å². The molecule has 2 amide bonds. The minimum absolute atomic E-state index is 0.0558. The molecule has 184 valence electrons. The Bertz CT molecular complexity index is 1110. The summed E-state index contributed by atoms with van der Waals surface area (Å²) in [4.78, 5) is 27.8. The van der Waals surface area contributed by atoms with E-state index in [2.05, 4.69) is 5.32 Å². The lowest BCUT2D eigenvalue weighted by Gasteiger charge is -2.34. The third kappa shape index (κ3) is 5.11. The third-order valence-electron chi connectivity index (χ3n) is 5.91. The summed E-state index contributed by atoms with van der Waals surface area (Å²) in [6, 6.07) is 6.91. The average Bonchev–Trinajstić information content (AvgIpc) is 3.40. The molecule has 2 aliphatic heterocycles.